The van der Waals surface area contributed by atoms with Gasteiger partial charge in [0.25, 0.3) is 0 Å². The molecule has 25 heavy (non-hydrogen) atoms. The van der Waals surface area contributed by atoms with Crippen LogP contribution in [0.25, 0.3) is 0 Å². The third kappa shape index (κ3) is 6.11. The van der Waals surface area contributed by atoms with Crippen molar-refractivity contribution in [1.29, 1.82) is 0 Å². The van der Waals surface area contributed by atoms with Crippen molar-refractivity contribution in [3.63, 3.8) is 0 Å². The van der Waals surface area contributed by atoms with Crippen LogP contribution in [0.2, 0.25) is 0 Å². The average Bonchev–Trinajstić information content (AvgIpc) is 2.53. The van der Waals surface area contributed by atoms with Gasteiger partial charge in [0.15, 0.2) is 0 Å². The van der Waals surface area contributed by atoms with Gasteiger partial charge >= 0.3 is 0 Å². The van der Waals surface area contributed by atoms with Crippen LogP contribution in [0.1, 0.15) is 18.2 Å². The van der Waals surface area contributed by atoms with E-state index in [1.54, 1.807) is 24.5 Å². The van der Waals surface area contributed by atoms with Gasteiger partial charge in [0, 0.05) is 17.5 Å². The molecule has 1 aromatic carbocycles. The van der Waals surface area contributed by atoms with Crippen molar-refractivity contribution in [2.75, 3.05) is 5.32 Å². The number of nitrogens with one attached hydrogen (secondary N) is 1. The molecular weight excluding hydrogens is 339 g/mol. The monoisotopic (exact) mass is 360 g/mol. The number of benzene rings is 1. The minimum Gasteiger partial charge on any atom is -0.493 e. The Bertz CT molecular complexity index is 757. The van der Waals surface area contributed by atoms with E-state index < -0.39 is 0 Å². The fourth-order valence-corrected chi connectivity index (χ4v) is 2.63. The van der Waals surface area contributed by atoms with Gasteiger partial charge in [-0.2, -0.15) is 4.98 Å². The maximum Gasteiger partial charge on any atom is 0.226 e. The lowest BCUT2D eigenvalue weighted by molar-refractivity contribution is 0.452. The number of rotatable bonds is 7. The van der Waals surface area contributed by atoms with E-state index in [4.69, 9.17) is 5.73 Å². The molecule has 0 saturated heterocycles. The molecule has 0 saturated carbocycles. The molecule has 0 spiro atoms. The van der Waals surface area contributed by atoms with Crippen LogP contribution >= 0.6 is 11.8 Å². The third-order valence-corrected chi connectivity index (χ3v) is 4.09. The molecule has 1 aromatic heterocycles. The van der Waals surface area contributed by atoms with Gasteiger partial charge in [-0.3, -0.25) is 0 Å². The molecule has 2 rings (SSSR count). The number of hydrogen-bond donors (Lipinski definition) is 3. The van der Waals surface area contributed by atoms with E-state index in [-0.39, 0.29) is 23.7 Å². The quantitative estimate of drug-likeness (QED) is 0.698. The summed E-state index contributed by atoms with van der Waals surface area (Å²) in [6, 6.07) is 7.37. The average molecular weight is 360 g/mol. The first-order valence-corrected chi connectivity index (χ1v) is 8.55. The Kier molecular flexibility index (Phi) is 6.41. The standard InChI is InChI=1S/C18H21FN4OS/c1-11(2)25-10-15(20)16(9-13-4-6-14(19)7-5-13)22-18-21-12(3)8-17(24)23-18/h4-8,10,16H,1,9,20H2,2-3H3,(H2,21,22,23,24)/b15-10-/t16-/m0/s1. The number of aromatic nitrogens is 2. The van der Waals surface area contributed by atoms with Gasteiger partial charge < -0.3 is 16.2 Å². The number of halogens is 1. The molecular formula is C18H21FN4OS. The zero-order chi connectivity index (χ0) is 18.4. The minimum atomic E-state index is -0.321. The molecule has 4 N–H and O–H groups in total. The van der Waals surface area contributed by atoms with Crippen molar-refractivity contribution in [2.24, 2.45) is 5.73 Å². The number of allylic oxidation sites excluding steroid dienone is 1. The van der Waals surface area contributed by atoms with Gasteiger partial charge in [-0.05, 0) is 48.3 Å². The van der Waals surface area contributed by atoms with Gasteiger partial charge in [0.05, 0.1) is 6.04 Å². The SMILES string of the molecule is C=C(C)S/C=C(\N)[C@H](Cc1ccc(F)cc1)Nc1nc(C)cc(O)n1. The minimum absolute atomic E-state index is 0.116. The van der Waals surface area contributed by atoms with E-state index in [2.05, 4.69) is 21.9 Å². The topological polar surface area (TPSA) is 84.1 Å². The summed E-state index contributed by atoms with van der Waals surface area (Å²) < 4.78 is 13.1. The van der Waals surface area contributed by atoms with Crippen LogP contribution in [0.4, 0.5) is 10.3 Å². The first-order valence-electron chi connectivity index (χ1n) is 7.67. The van der Waals surface area contributed by atoms with Crippen LogP contribution in [0, 0.1) is 12.7 Å². The van der Waals surface area contributed by atoms with Gasteiger partial charge in [-0.15, -0.1) is 11.8 Å². The van der Waals surface area contributed by atoms with E-state index in [0.29, 0.717) is 17.8 Å². The lowest BCUT2D eigenvalue weighted by atomic mass is 10.0. The molecule has 0 amide bonds. The zero-order valence-corrected chi connectivity index (χ0v) is 15.0. The first kappa shape index (κ1) is 18.8. The van der Waals surface area contributed by atoms with Crippen LogP contribution in [0.15, 0.2) is 52.9 Å². The Morgan fingerprint density at radius 3 is 2.68 bits per heavy atom. The maximum absolute atomic E-state index is 13.1. The van der Waals surface area contributed by atoms with Crippen LogP contribution in [0.3, 0.4) is 0 Å². The van der Waals surface area contributed by atoms with E-state index >= 15 is 0 Å². The second-order valence-electron chi connectivity index (χ2n) is 5.66. The second kappa shape index (κ2) is 8.53. The highest BCUT2D eigenvalue weighted by molar-refractivity contribution is 8.05. The molecule has 7 heteroatoms. The second-order valence-corrected chi connectivity index (χ2v) is 6.82. The predicted molar refractivity (Wildman–Crippen MR) is 101 cm³/mol. The van der Waals surface area contributed by atoms with Crippen LogP contribution in [0.5, 0.6) is 5.88 Å². The summed E-state index contributed by atoms with van der Waals surface area (Å²) in [4.78, 5) is 9.14. The van der Waals surface area contributed by atoms with Crippen LogP contribution in [-0.4, -0.2) is 21.1 Å². The number of thioether (sulfide) groups is 1. The Morgan fingerprint density at radius 1 is 1.40 bits per heavy atom. The summed E-state index contributed by atoms with van der Waals surface area (Å²) in [5, 5.41) is 14.6. The molecule has 2 aromatic rings. The van der Waals surface area contributed by atoms with E-state index in [1.807, 2.05) is 6.92 Å². The van der Waals surface area contributed by atoms with Crippen molar-refractivity contribution in [3.8, 4) is 5.88 Å². The number of aromatic hydroxyl groups is 1. The van der Waals surface area contributed by atoms with Gasteiger partial charge in [0.1, 0.15) is 5.82 Å². The van der Waals surface area contributed by atoms with Crippen LogP contribution in [-0.2, 0) is 6.42 Å². The summed E-state index contributed by atoms with van der Waals surface area (Å²) in [5.74, 6) is -0.128. The first-order chi connectivity index (χ1) is 11.8. The number of anilines is 1. The predicted octanol–water partition coefficient (Wildman–Crippen LogP) is 3.72. The van der Waals surface area contributed by atoms with E-state index in [0.717, 1.165) is 10.5 Å². The Hall–Kier alpha value is -2.54. The fraction of sp³-hybridized carbons (Fsp3) is 0.222. The fourth-order valence-electron chi connectivity index (χ4n) is 2.13. The summed E-state index contributed by atoms with van der Waals surface area (Å²) in [6.45, 7) is 7.48. The number of hydrogen-bond acceptors (Lipinski definition) is 6. The molecule has 0 aliphatic rings. The summed E-state index contributed by atoms with van der Waals surface area (Å²) in [6.07, 6.45) is 0.511. The van der Waals surface area contributed by atoms with E-state index in [9.17, 15) is 9.50 Å². The summed E-state index contributed by atoms with van der Waals surface area (Å²) >= 11 is 1.43. The molecule has 1 atom stereocenters. The number of nitrogens with zero attached hydrogens (tertiary/aromatic N) is 2. The summed E-state index contributed by atoms with van der Waals surface area (Å²) in [5.41, 5.74) is 8.33. The molecule has 0 fully saturated rings. The number of nitrogens with two attached hydrogens (primary N) is 1. The molecule has 0 aliphatic heterocycles. The lowest BCUT2D eigenvalue weighted by Gasteiger charge is -2.20. The van der Waals surface area contributed by atoms with Crippen molar-refractivity contribution in [3.05, 3.63) is 70.0 Å². The lowest BCUT2D eigenvalue weighted by Crippen LogP contribution is -2.30. The normalized spacial score (nSPS) is 12.7. The summed E-state index contributed by atoms with van der Waals surface area (Å²) in [7, 11) is 0. The van der Waals surface area contributed by atoms with Crippen molar-refractivity contribution >= 4 is 17.7 Å². The highest BCUT2D eigenvalue weighted by Gasteiger charge is 2.15. The Balaban J connectivity index is 2.25. The van der Waals surface area contributed by atoms with Gasteiger partial charge in [0.2, 0.25) is 11.8 Å². The van der Waals surface area contributed by atoms with E-state index in [1.165, 1.54) is 30.0 Å². The molecule has 1 heterocycles. The van der Waals surface area contributed by atoms with Crippen LogP contribution < -0.4 is 11.1 Å². The smallest absolute Gasteiger partial charge is 0.226 e. The van der Waals surface area contributed by atoms with Gasteiger partial charge in [-0.25, -0.2) is 9.37 Å². The largest absolute Gasteiger partial charge is 0.493 e. The maximum atomic E-state index is 13.1. The van der Waals surface area contributed by atoms with Crippen molar-refractivity contribution in [1.82, 2.24) is 9.97 Å². The molecule has 0 radical (unpaired) electrons. The Morgan fingerprint density at radius 2 is 2.08 bits per heavy atom. The molecule has 132 valence electrons. The van der Waals surface area contributed by atoms with Gasteiger partial charge in [-0.1, -0.05) is 18.7 Å². The molecule has 5 nitrogen and oxygen atoms in total. The highest BCUT2D eigenvalue weighted by Crippen LogP contribution is 2.20. The zero-order valence-electron chi connectivity index (χ0n) is 14.2. The third-order valence-electron chi connectivity index (χ3n) is 3.30. The molecule has 0 unspecified atom stereocenters. The Labute approximate surface area is 150 Å². The molecule has 0 aliphatic carbocycles. The van der Waals surface area contributed by atoms with Crippen molar-refractivity contribution < 1.29 is 9.50 Å². The molecule has 0 bridgehead atoms. The number of aryl methyl sites for hydroxylation is 1. The van der Waals surface area contributed by atoms with Crippen molar-refractivity contribution in [2.45, 2.75) is 26.3 Å². The highest BCUT2D eigenvalue weighted by atomic mass is 32.2.